The minimum absolute atomic E-state index is 0.0682. The fraction of sp³-hybridized carbons (Fsp3) is 0.636. The van der Waals surface area contributed by atoms with Gasteiger partial charge in [-0.1, -0.05) is 0 Å². The monoisotopic (exact) mass is 223 g/mol. The number of aryl methyl sites for hydroxylation is 1. The lowest BCUT2D eigenvalue weighted by Crippen LogP contribution is -2.31. The number of hydrogen-bond donors (Lipinski definition) is 2. The van der Waals surface area contributed by atoms with Crippen LogP contribution in [0.3, 0.4) is 0 Å². The fourth-order valence-corrected chi connectivity index (χ4v) is 2.18. The molecular weight excluding hydrogens is 206 g/mol. The molecule has 1 aliphatic carbocycles. The van der Waals surface area contributed by atoms with E-state index < -0.39 is 0 Å². The van der Waals surface area contributed by atoms with Gasteiger partial charge in [-0.25, -0.2) is 9.97 Å². The summed E-state index contributed by atoms with van der Waals surface area (Å²) >= 11 is 0. The lowest BCUT2D eigenvalue weighted by molar-refractivity contribution is 0.280. The van der Waals surface area contributed by atoms with E-state index in [1.165, 1.54) is 5.56 Å². The van der Waals surface area contributed by atoms with Crippen molar-refractivity contribution in [3.05, 3.63) is 17.6 Å². The van der Waals surface area contributed by atoms with E-state index in [1.807, 2.05) is 4.90 Å². The smallest absolute Gasteiger partial charge is 0.135 e. The van der Waals surface area contributed by atoms with E-state index in [-0.39, 0.29) is 13.2 Å². The molecule has 1 heterocycles. The van der Waals surface area contributed by atoms with Crippen molar-refractivity contribution in [2.75, 3.05) is 31.2 Å². The highest BCUT2D eigenvalue weighted by Gasteiger charge is 2.20. The van der Waals surface area contributed by atoms with E-state index in [0.717, 1.165) is 30.8 Å². The number of aliphatic hydroxyl groups excluding tert-OH is 2. The standard InChI is InChI=1S/C11H17N3O2/c15-6-4-14(5-7-16)11-9-2-1-3-10(9)12-8-13-11/h8,15-16H,1-7H2. The molecule has 16 heavy (non-hydrogen) atoms. The quantitative estimate of drug-likeness (QED) is 0.721. The second-order valence-electron chi connectivity index (χ2n) is 3.91. The largest absolute Gasteiger partial charge is 0.395 e. The number of fused-ring (bicyclic) bond motifs is 1. The first-order valence-electron chi connectivity index (χ1n) is 5.66. The average Bonchev–Trinajstić information content (AvgIpc) is 2.76. The molecule has 0 amide bonds. The number of aromatic nitrogens is 2. The summed E-state index contributed by atoms with van der Waals surface area (Å²) in [7, 11) is 0. The van der Waals surface area contributed by atoms with Crippen LogP contribution in [0.4, 0.5) is 5.82 Å². The summed E-state index contributed by atoms with van der Waals surface area (Å²) in [5.74, 6) is 0.880. The van der Waals surface area contributed by atoms with Crippen molar-refractivity contribution in [3.63, 3.8) is 0 Å². The zero-order chi connectivity index (χ0) is 11.4. The highest BCUT2D eigenvalue weighted by atomic mass is 16.3. The Morgan fingerprint density at radius 3 is 2.56 bits per heavy atom. The van der Waals surface area contributed by atoms with Gasteiger partial charge in [-0.15, -0.1) is 0 Å². The van der Waals surface area contributed by atoms with Crippen molar-refractivity contribution in [2.24, 2.45) is 0 Å². The second-order valence-corrected chi connectivity index (χ2v) is 3.91. The van der Waals surface area contributed by atoms with Crippen LogP contribution in [-0.2, 0) is 12.8 Å². The van der Waals surface area contributed by atoms with Crippen LogP contribution in [0.2, 0.25) is 0 Å². The lowest BCUT2D eigenvalue weighted by atomic mass is 10.2. The van der Waals surface area contributed by atoms with Gasteiger partial charge in [0.05, 0.1) is 13.2 Å². The van der Waals surface area contributed by atoms with Crippen LogP contribution in [0.15, 0.2) is 6.33 Å². The molecule has 2 N–H and O–H groups in total. The Hall–Kier alpha value is -1.20. The van der Waals surface area contributed by atoms with Gasteiger partial charge in [0.15, 0.2) is 0 Å². The normalized spacial score (nSPS) is 13.9. The van der Waals surface area contributed by atoms with Crippen LogP contribution in [0.25, 0.3) is 0 Å². The van der Waals surface area contributed by atoms with Gasteiger partial charge >= 0.3 is 0 Å². The van der Waals surface area contributed by atoms with Crippen LogP contribution in [-0.4, -0.2) is 46.5 Å². The van der Waals surface area contributed by atoms with Crippen LogP contribution < -0.4 is 4.90 Å². The van der Waals surface area contributed by atoms with Gasteiger partial charge in [-0.05, 0) is 19.3 Å². The van der Waals surface area contributed by atoms with Gasteiger partial charge in [-0.2, -0.15) is 0 Å². The molecule has 0 fully saturated rings. The first kappa shape index (κ1) is 11.3. The number of hydrogen-bond acceptors (Lipinski definition) is 5. The summed E-state index contributed by atoms with van der Waals surface area (Å²) in [6, 6.07) is 0. The van der Waals surface area contributed by atoms with E-state index in [1.54, 1.807) is 6.33 Å². The Bertz CT molecular complexity index is 351. The minimum atomic E-state index is 0.0682. The number of anilines is 1. The Morgan fingerprint density at radius 2 is 1.88 bits per heavy atom. The topological polar surface area (TPSA) is 69.5 Å². The van der Waals surface area contributed by atoms with Crippen LogP contribution >= 0.6 is 0 Å². The molecule has 5 nitrogen and oxygen atoms in total. The van der Waals surface area contributed by atoms with Gasteiger partial charge in [-0.3, -0.25) is 0 Å². The van der Waals surface area contributed by atoms with Gasteiger partial charge in [0.2, 0.25) is 0 Å². The van der Waals surface area contributed by atoms with Crippen LogP contribution in [0.5, 0.6) is 0 Å². The summed E-state index contributed by atoms with van der Waals surface area (Å²) in [6.07, 6.45) is 4.70. The van der Waals surface area contributed by atoms with E-state index >= 15 is 0 Å². The molecule has 5 heteroatoms. The Balaban J connectivity index is 2.26. The third kappa shape index (κ3) is 2.15. The SMILES string of the molecule is OCCN(CCO)c1ncnc2c1CCC2. The maximum Gasteiger partial charge on any atom is 0.135 e. The van der Waals surface area contributed by atoms with Gasteiger partial charge in [0, 0.05) is 24.3 Å². The molecule has 88 valence electrons. The van der Waals surface area contributed by atoms with Crippen molar-refractivity contribution < 1.29 is 10.2 Å². The van der Waals surface area contributed by atoms with E-state index in [9.17, 15) is 0 Å². The average molecular weight is 223 g/mol. The molecule has 1 aromatic heterocycles. The first-order chi connectivity index (χ1) is 7.86. The van der Waals surface area contributed by atoms with Crippen molar-refractivity contribution in [3.8, 4) is 0 Å². The van der Waals surface area contributed by atoms with Gasteiger partial charge < -0.3 is 15.1 Å². The molecule has 0 saturated carbocycles. The molecule has 0 aromatic carbocycles. The molecule has 0 saturated heterocycles. The summed E-state index contributed by atoms with van der Waals surface area (Å²) in [6.45, 7) is 1.14. The van der Waals surface area contributed by atoms with Crippen molar-refractivity contribution >= 4 is 5.82 Å². The third-order valence-corrected chi connectivity index (χ3v) is 2.89. The summed E-state index contributed by atoms with van der Waals surface area (Å²) in [5.41, 5.74) is 2.30. The zero-order valence-electron chi connectivity index (χ0n) is 9.26. The highest BCUT2D eigenvalue weighted by molar-refractivity contribution is 5.50. The van der Waals surface area contributed by atoms with Crippen molar-refractivity contribution in [2.45, 2.75) is 19.3 Å². The van der Waals surface area contributed by atoms with Gasteiger partial charge in [0.25, 0.3) is 0 Å². The number of nitrogens with zero attached hydrogens (tertiary/aromatic N) is 3. The van der Waals surface area contributed by atoms with Crippen LogP contribution in [0.1, 0.15) is 17.7 Å². The number of aliphatic hydroxyl groups is 2. The summed E-state index contributed by atoms with van der Waals surface area (Å²) in [4.78, 5) is 10.5. The predicted molar refractivity (Wildman–Crippen MR) is 60.4 cm³/mol. The molecule has 1 aromatic rings. The fourth-order valence-electron chi connectivity index (χ4n) is 2.18. The van der Waals surface area contributed by atoms with E-state index in [4.69, 9.17) is 10.2 Å². The number of rotatable bonds is 5. The molecular formula is C11H17N3O2. The second kappa shape index (κ2) is 5.23. The molecule has 0 atom stereocenters. The van der Waals surface area contributed by atoms with E-state index in [0.29, 0.717) is 13.1 Å². The van der Waals surface area contributed by atoms with Gasteiger partial charge in [0.1, 0.15) is 12.1 Å². The van der Waals surface area contributed by atoms with Crippen molar-refractivity contribution in [1.29, 1.82) is 0 Å². The Morgan fingerprint density at radius 1 is 1.12 bits per heavy atom. The summed E-state index contributed by atoms with van der Waals surface area (Å²) in [5, 5.41) is 18.0. The molecule has 0 spiro atoms. The van der Waals surface area contributed by atoms with Crippen LogP contribution in [0, 0.1) is 0 Å². The minimum Gasteiger partial charge on any atom is -0.395 e. The first-order valence-corrected chi connectivity index (χ1v) is 5.66. The summed E-state index contributed by atoms with van der Waals surface area (Å²) < 4.78 is 0. The molecule has 0 radical (unpaired) electrons. The third-order valence-electron chi connectivity index (χ3n) is 2.89. The molecule has 2 rings (SSSR count). The maximum absolute atomic E-state index is 9.01. The predicted octanol–water partition coefficient (Wildman–Crippen LogP) is -0.244. The highest BCUT2D eigenvalue weighted by Crippen LogP contribution is 2.27. The molecule has 1 aliphatic rings. The lowest BCUT2D eigenvalue weighted by Gasteiger charge is -2.23. The van der Waals surface area contributed by atoms with E-state index in [2.05, 4.69) is 9.97 Å². The Kier molecular flexibility index (Phi) is 3.69. The zero-order valence-corrected chi connectivity index (χ0v) is 9.26. The maximum atomic E-state index is 9.01. The molecule has 0 unspecified atom stereocenters. The Labute approximate surface area is 94.8 Å². The van der Waals surface area contributed by atoms with Crippen molar-refractivity contribution in [1.82, 2.24) is 9.97 Å². The molecule has 0 bridgehead atoms. The molecule has 0 aliphatic heterocycles.